The van der Waals surface area contributed by atoms with Gasteiger partial charge in [-0.1, -0.05) is 48.5 Å². The van der Waals surface area contributed by atoms with E-state index < -0.39 is 23.1 Å². The summed E-state index contributed by atoms with van der Waals surface area (Å²) in [6, 6.07) is 18.3. The number of likely N-dealkylation sites (N-methyl/N-ethyl adjacent to an activating group) is 1. The maximum absolute atomic E-state index is 13.3. The first-order chi connectivity index (χ1) is 20.7. The molecule has 4 rings (SSSR count). The highest BCUT2D eigenvalue weighted by Crippen LogP contribution is 2.36. The van der Waals surface area contributed by atoms with Crippen LogP contribution in [0.4, 0.5) is 15.3 Å². The summed E-state index contributed by atoms with van der Waals surface area (Å²) >= 11 is 0. The number of benzene rings is 2. The van der Waals surface area contributed by atoms with Gasteiger partial charge in [0.2, 0.25) is 5.91 Å². The number of urea groups is 1. The molecular formula is C33H45N5O6. The second-order valence-electron chi connectivity index (χ2n) is 13.2. The molecule has 1 N–H and O–H groups in total. The summed E-state index contributed by atoms with van der Waals surface area (Å²) in [4.78, 5) is 57.6. The minimum absolute atomic E-state index is 0.0567. The van der Waals surface area contributed by atoms with Crippen molar-refractivity contribution in [2.75, 3.05) is 51.4 Å². The van der Waals surface area contributed by atoms with Gasteiger partial charge in [0.1, 0.15) is 24.2 Å². The highest BCUT2D eigenvalue weighted by molar-refractivity contribution is 5.90. The molecule has 0 aromatic heterocycles. The quantitative estimate of drug-likeness (QED) is 0.307. The molecule has 0 aliphatic carbocycles. The molecule has 238 valence electrons. The third kappa shape index (κ3) is 7.68. The molecule has 2 aromatic carbocycles. The minimum atomic E-state index is -1.33. The van der Waals surface area contributed by atoms with Crippen LogP contribution in [0.3, 0.4) is 0 Å². The summed E-state index contributed by atoms with van der Waals surface area (Å²) in [5.74, 6) is -0.474. The summed E-state index contributed by atoms with van der Waals surface area (Å²) in [7, 11) is 1.86. The number of alkyl carbamates (subject to hydrolysis) is 1. The van der Waals surface area contributed by atoms with Crippen molar-refractivity contribution in [1.82, 2.24) is 20.0 Å². The lowest BCUT2D eigenvalue weighted by molar-refractivity contribution is -0.144. The smallest absolute Gasteiger partial charge is 0.408 e. The van der Waals surface area contributed by atoms with E-state index in [0.717, 1.165) is 17.7 Å². The van der Waals surface area contributed by atoms with Gasteiger partial charge >= 0.3 is 12.1 Å². The number of anilines is 1. The minimum Gasteiger partial charge on any atom is -0.444 e. The fourth-order valence-electron chi connectivity index (χ4n) is 6.01. The van der Waals surface area contributed by atoms with Gasteiger partial charge in [0, 0.05) is 44.5 Å². The van der Waals surface area contributed by atoms with Crippen molar-refractivity contribution in [2.24, 2.45) is 0 Å². The average molecular weight is 608 g/mol. The van der Waals surface area contributed by atoms with E-state index in [-0.39, 0.29) is 31.5 Å². The molecule has 0 radical (unpaired) electrons. The van der Waals surface area contributed by atoms with Crippen molar-refractivity contribution >= 4 is 30.0 Å². The Bertz CT molecular complexity index is 1340. The second kappa shape index (κ2) is 13.3. The molecule has 0 saturated carbocycles. The number of ether oxygens (including phenoxy) is 2. The molecule has 11 heteroatoms. The van der Waals surface area contributed by atoms with Crippen molar-refractivity contribution < 1.29 is 28.7 Å². The van der Waals surface area contributed by atoms with Gasteiger partial charge in [0.25, 0.3) is 0 Å². The van der Waals surface area contributed by atoms with Crippen LogP contribution in [0.15, 0.2) is 54.6 Å². The maximum Gasteiger partial charge on any atom is 0.408 e. The van der Waals surface area contributed by atoms with E-state index in [1.54, 1.807) is 39.5 Å². The van der Waals surface area contributed by atoms with E-state index in [4.69, 9.17) is 9.47 Å². The third-order valence-corrected chi connectivity index (χ3v) is 7.88. The Morgan fingerprint density at radius 3 is 2.36 bits per heavy atom. The topological polar surface area (TPSA) is 112 Å². The number of para-hydroxylation sites is 1. The summed E-state index contributed by atoms with van der Waals surface area (Å²) in [5, 5.41) is 2.60. The molecule has 2 saturated heterocycles. The maximum atomic E-state index is 13.3. The number of carbonyl (C=O) groups is 4. The highest BCUT2D eigenvalue weighted by Gasteiger charge is 2.51. The largest absolute Gasteiger partial charge is 0.444 e. The van der Waals surface area contributed by atoms with E-state index in [1.807, 2.05) is 54.4 Å². The standard InChI is InChI=1S/C33H45N5O6/c1-31(2,3)44-29(41)34-32(4,5)28(40)37(18-19-39)24-43-21-26-14-10-11-15-27(26)36-16-17-38-30(42)35(6)22-33(38,23-36)20-25-12-8-7-9-13-25/h7-15,19H,16-18,20-24H2,1-6H3,(H,34,41)/t33-/m1/s1. The van der Waals surface area contributed by atoms with E-state index in [2.05, 4.69) is 22.3 Å². The Kier molecular flexibility index (Phi) is 9.88. The number of piperazine rings is 1. The zero-order chi connectivity index (χ0) is 32.1. The summed E-state index contributed by atoms with van der Waals surface area (Å²) in [6.45, 7) is 10.8. The number of hydrogen-bond acceptors (Lipinski definition) is 7. The van der Waals surface area contributed by atoms with Gasteiger partial charge in [0.15, 0.2) is 0 Å². The molecule has 2 aromatic rings. The third-order valence-electron chi connectivity index (χ3n) is 7.88. The van der Waals surface area contributed by atoms with Gasteiger partial charge in [-0.15, -0.1) is 0 Å². The van der Waals surface area contributed by atoms with Crippen LogP contribution in [0, 0.1) is 0 Å². The zero-order valence-corrected chi connectivity index (χ0v) is 26.7. The zero-order valence-electron chi connectivity index (χ0n) is 26.7. The van der Waals surface area contributed by atoms with Crippen LogP contribution in [-0.2, 0) is 32.1 Å². The first-order valence-electron chi connectivity index (χ1n) is 15.0. The predicted molar refractivity (Wildman–Crippen MR) is 167 cm³/mol. The van der Waals surface area contributed by atoms with Crippen LogP contribution in [0.2, 0.25) is 0 Å². The van der Waals surface area contributed by atoms with Crippen molar-refractivity contribution in [3.8, 4) is 0 Å². The van der Waals surface area contributed by atoms with Crippen LogP contribution in [0.1, 0.15) is 45.7 Å². The SMILES string of the molecule is CN1C[C@]2(Cc3ccccc3)CN(c3ccccc3COCN(CC=O)C(=O)C(C)(C)NC(=O)OC(C)(C)C)CCN2C1=O. The molecule has 0 bridgehead atoms. The number of amides is 4. The van der Waals surface area contributed by atoms with Gasteiger partial charge in [-0.3, -0.25) is 4.79 Å². The van der Waals surface area contributed by atoms with Crippen molar-refractivity contribution in [3.63, 3.8) is 0 Å². The molecule has 0 unspecified atom stereocenters. The molecule has 44 heavy (non-hydrogen) atoms. The highest BCUT2D eigenvalue weighted by atomic mass is 16.6. The monoisotopic (exact) mass is 607 g/mol. The molecule has 2 aliphatic rings. The Labute approximate surface area is 260 Å². The average Bonchev–Trinajstić information content (AvgIpc) is 3.19. The molecule has 1 atom stereocenters. The molecule has 2 fully saturated rings. The van der Waals surface area contributed by atoms with E-state index >= 15 is 0 Å². The van der Waals surface area contributed by atoms with Crippen molar-refractivity contribution in [3.05, 3.63) is 65.7 Å². The van der Waals surface area contributed by atoms with Gasteiger partial charge in [-0.25, -0.2) is 9.59 Å². The van der Waals surface area contributed by atoms with Crippen LogP contribution in [0.5, 0.6) is 0 Å². The van der Waals surface area contributed by atoms with Crippen molar-refractivity contribution in [1.29, 1.82) is 0 Å². The number of nitrogens with one attached hydrogen (secondary N) is 1. The molecule has 11 nitrogen and oxygen atoms in total. The molecule has 2 heterocycles. The first kappa shape index (κ1) is 32.8. The number of aldehydes is 1. The van der Waals surface area contributed by atoms with Gasteiger partial charge in [-0.05, 0) is 52.7 Å². The summed E-state index contributed by atoms with van der Waals surface area (Å²) < 4.78 is 11.3. The van der Waals surface area contributed by atoms with Crippen LogP contribution < -0.4 is 10.2 Å². The molecular weight excluding hydrogens is 562 g/mol. The Morgan fingerprint density at radius 1 is 1.00 bits per heavy atom. The number of carbonyl (C=O) groups excluding carboxylic acids is 4. The number of nitrogens with zero attached hydrogens (tertiary/aromatic N) is 4. The van der Waals surface area contributed by atoms with Gasteiger partial charge in [0.05, 0.1) is 18.7 Å². The summed E-state index contributed by atoms with van der Waals surface area (Å²) in [6.07, 6.45) is 0.649. The normalized spacial score (nSPS) is 18.6. The lowest BCUT2D eigenvalue weighted by Gasteiger charge is -2.47. The van der Waals surface area contributed by atoms with Gasteiger partial charge < -0.3 is 39.2 Å². The number of fused-ring (bicyclic) bond motifs is 1. The van der Waals surface area contributed by atoms with E-state index in [0.29, 0.717) is 32.5 Å². The Morgan fingerprint density at radius 2 is 1.68 bits per heavy atom. The Hall–Kier alpha value is -4.12. The molecule has 0 spiro atoms. The predicted octanol–water partition coefficient (Wildman–Crippen LogP) is 3.66. The van der Waals surface area contributed by atoms with Crippen LogP contribution >= 0.6 is 0 Å². The fraction of sp³-hybridized carbons (Fsp3) is 0.515. The lowest BCUT2D eigenvalue weighted by Crippen LogP contribution is -2.62. The fourth-order valence-corrected chi connectivity index (χ4v) is 6.01. The number of rotatable bonds is 11. The molecule has 4 amide bonds. The van der Waals surface area contributed by atoms with Crippen molar-refractivity contribution in [2.45, 2.75) is 64.3 Å². The van der Waals surface area contributed by atoms with Crippen LogP contribution in [-0.4, -0.2) is 102 Å². The summed E-state index contributed by atoms with van der Waals surface area (Å²) in [5.41, 5.74) is 0.687. The van der Waals surface area contributed by atoms with E-state index in [1.165, 1.54) is 10.5 Å². The Balaban J connectivity index is 1.45. The molecule has 2 aliphatic heterocycles. The van der Waals surface area contributed by atoms with E-state index in [9.17, 15) is 19.2 Å². The lowest BCUT2D eigenvalue weighted by atomic mass is 9.87. The number of hydrogen-bond donors (Lipinski definition) is 1. The van der Waals surface area contributed by atoms with Crippen LogP contribution in [0.25, 0.3) is 0 Å². The second-order valence-corrected chi connectivity index (χ2v) is 13.2. The van der Waals surface area contributed by atoms with Gasteiger partial charge in [-0.2, -0.15) is 0 Å². The first-order valence-corrected chi connectivity index (χ1v) is 15.0.